The first-order chi connectivity index (χ1) is 16.9. The topological polar surface area (TPSA) is 140 Å². The highest BCUT2D eigenvalue weighted by Gasteiger charge is 2.27. The Balaban J connectivity index is 1.67. The molecule has 1 aliphatic rings. The summed E-state index contributed by atoms with van der Waals surface area (Å²) in [6.07, 6.45) is 6.43. The van der Waals surface area contributed by atoms with Crippen LogP contribution in [0.15, 0.2) is 46.9 Å². The van der Waals surface area contributed by atoms with Crippen molar-refractivity contribution in [3.8, 4) is 11.9 Å². The van der Waals surface area contributed by atoms with Gasteiger partial charge in [-0.3, -0.25) is 9.98 Å². The molecule has 10 nitrogen and oxygen atoms in total. The fourth-order valence-corrected chi connectivity index (χ4v) is 4.05. The first-order valence-electron chi connectivity index (χ1n) is 11.0. The number of hydrogen-bond donors (Lipinski definition) is 3. The molecule has 1 saturated heterocycles. The minimum absolute atomic E-state index is 0.0229. The van der Waals surface area contributed by atoms with Crippen molar-refractivity contribution in [1.29, 1.82) is 5.26 Å². The van der Waals surface area contributed by atoms with Crippen molar-refractivity contribution in [2.75, 3.05) is 19.7 Å². The Morgan fingerprint density at radius 2 is 2.20 bits per heavy atom. The van der Waals surface area contributed by atoms with E-state index in [1.807, 2.05) is 0 Å². The predicted octanol–water partition coefficient (Wildman–Crippen LogP) is 1.61. The molecule has 0 spiro atoms. The summed E-state index contributed by atoms with van der Waals surface area (Å²) in [5, 5.41) is 25.6. The van der Waals surface area contributed by atoms with Crippen molar-refractivity contribution in [3.63, 3.8) is 0 Å². The number of aliphatic hydroxyl groups is 1. The summed E-state index contributed by atoms with van der Waals surface area (Å²) in [6.45, 7) is 2.58. The van der Waals surface area contributed by atoms with Gasteiger partial charge in [0, 0.05) is 19.2 Å². The van der Waals surface area contributed by atoms with E-state index in [4.69, 9.17) is 20.8 Å². The van der Waals surface area contributed by atoms with Gasteiger partial charge in [0.25, 0.3) is 0 Å². The van der Waals surface area contributed by atoms with Gasteiger partial charge in [-0.2, -0.15) is 19.9 Å². The number of halogens is 2. The molecule has 1 unspecified atom stereocenters. The van der Waals surface area contributed by atoms with Crippen LogP contribution in [0.25, 0.3) is 5.52 Å². The van der Waals surface area contributed by atoms with Crippen LogP contribution in [-0.2, 0) is 0 Å². The summed E-state index contributed by atoms with van der Waals surface area (Å²) < 4.78 is 35.2. The zero-order valence-electron chi connectivity index (χ0n) is 19.0. The molecular weight excluding hydrogens is 458 g/mol. The Labute approximate surface area is 200 Å². The first kappa shape index (κ1) is 24.0. The number of piperidine rings is 1. The van der Waals surface area contributed by atoms with E-state index in [1.54, 1.807) is 24.1 Å². The summed E-state index contributed by atoms with van der Waals surface area (Å²) >= 11 is 0. The fourth-order valence-electron chi connectivity index (χ4n) is 4.05. The number of aliphatic imine (C=N–C) groups is 1. The molecule has 0 radical (unpaired) electrons. The molecule has 182 valence electrons. The smallest absolute Gasteiger partial charge is 0.314 e. The zero-order valence-corrected chi connectivity index (χ0v) is 19.0. The molecule has 0 aliphatic carbocycles. The highest BCUT2D eigenvalue weighted by atomic mass is 19.1. The van der Waals surface area contributed by atoms with Crippen molar-refractivity contribution in [2.45, 2.75) is 31.9 Å². The van der Waals surface area contributed by atoms with E-state index in [-0.39, 0.29) is 23.0 Å². The van der Waals surface area contributed by atoms with Gasteiger partial charge in [0.2, 0.25) is 12.0 Å². The normalized spacial score (nSPS) is 16.4. The van der Waals surface area contributed by atoms with Crippen LogP contribution < -0.4 is 15.1 Å². The quantitative estimate of drug-likeness (QED) is 0.153. The van der Waals surface area contributed by atoms with Crippen LogP contribution in [0.3, 0.4) is 0 Å². The molecule has 4 N–H and O–H groups in total. The van der Waals surface area contributed by atoms with E-state index < -0.39 is 24.3 Å². The van der Waals surface area contributed by atoms with Crippen LogP contribution in [-0.4, -0.2) is 57.3 Å². The van der Waals surface area contributed by atoms with Crippen LogP contribution in [0.4, 0.5) is 8.78 Å². The van der Waals surface area contributed by atoms with Gasteiger partial charge in [0.05, 0.1) is 35.8 Å². The molecule has 4 heterocycles. The second-order valence-electron chi connectivity index (χ2n) is 8.13. The molecule has 0 aromatic carbocycles. The molecule has 1 fully saturated rings. The van der Waals surface area contributed by atoms with Gasteiger partial charge in [-0.1, -0.05) is 4.52 Å². The minimum Gasteiger partial charge on any atom is -0.475 e. The second-order valence-corrected chi connectivity index (χ2v) is 8.13. The van der Waals surface area contributed by atoms with Crippen molar-refractivity contribution in [1.82, 2.24) is 15.0 Å². The third-order valence-electron chi connectivity index (χ3n) is 5.83. The SMILES string of the molecule is CC(=NC1CCN(C#N)CC1)/C(=N\N)c1cc(OC(CO)c2ccc(F)cn2)c2c(F)c[nH][n+]2c1. The highest BCUT2D eigenvalue weighted by molar-refractivity contribution is 6.47. The average Bonchev–Trinajstić information content (AvgIpc) is 3.24. The number of nitrogens with two attached hydrogens (primary N) is 1. The molecule has 1 aliphatic heterocycles. The van der Waals surface area contributed by atoms with Crippen LogP contribution in [0.5, 0.6) is 5.75 Å². The molecule has 0 saturated carbocycles. The molecule has 3 aromatic heterocycles. The number of aliphatic hydroxyl groups excluding tert-OH is 1. The molecule has 1 atom stereocenters. The van der Waals surface area contributed by atoms with Gasteiger partial charge in [0.15, 0.2) is 18.0 Å². The van der Waals surface area contributed by atoms with Gasteiger partial charge >= 0.3 is 5.52 Å². The Morgan fingerprint density at radius 1 is 1.43 bits per heavy atom. The molecule has 0 bridgehead atoms. The van der Waals surface area contributed by atoms with Gasteiger partial charge in [-0.05, 0) is 31.9 Å². The number of aromatic nitrogens is 3. The third kappa shape index (κ3) is 5.20. The van der Waals surface area contributed by atoms with Gasteiger partial charge in [0.1, 0.15) is 17.7 Å². The number of nitrogens with zero attached hydrogens (tertiary/aromatic N) is 6. The highest BCUT2D eigenvalue weighted by Crippen LogP contribution is 2.27. The van der Waals surface area contributed by atoms with E-state index in [0.717, 1.165) is 19.0 Å². The Kier molecular flexibility index (Phi) is 7.17. The monoisotopic (exact) mass is 483 g/mol. The Bertz CT molecular complexity index is 1290. The summed E-state index contributed by atoms with van der Waals surface area (Å²) in [7, 11) is 0. The molecule has 12 heteroatoms. The van der Waals surface area contributed by atoms with Gasteiger partial charge < -0.3 is 20.6 Å². The summed E-state index contributed by atoms with van der Waals surface area (Å²) in [4.78, 5) is 10.4. The third-order valence-corrected chi connectivity index (χ3v) is 5.83. The van der Waals surface area contributed by atoms with Crippen molar-refractivity contribution < 1.29 is 23.1 Å². The maximum Gasteiger partial charge on any atom is 0.314 e. The number of ether oxygens (including phenoxy) is 1. The standard InChI is InChI=1S/C23H24F2N8O2/c1-14(30-17-4-6-32(13-26)7-5-17)22(31-27)15-8-20(23-18(25)10-29-33(23)11-15)35-21(12-34)19-3-2-16(24)9-28-19/h2-3,8-11,17,21,34H,4-7,12H2,1H3,(H2,27,30)/p+1. The first-order valence-corrected chi connectivity index (χ1v) is 11.0. The number of aromatic amines is 1. The molecule has 4 rings (SSSR count). The van der Waals surface area contributed by atoms with E-state index >= 15 is 0 Å². The lowest BCUT2D eigenvalue weighted by molar-refractivity contribution is -0.577. The van der Waals surface area contributed by atoms with Crippen molar-refractivity contribution in [3.05, 3.63) is 59.7 Å². The number of hydrogen-bond acceptors (Lipinski definition) is 8. The van der Waals surface area contributed by atoms with Crippen LogP contribution in [0.1, 0.15) is 37.1 Å². The number of H-pyrrole nitrogens is 1. The summed E-state index contributed by atoms with van der Waals surface area (Å²) in [6, 6.07) is 4.17. The number of nitrogens with one attached hydrogen (secondary N) is 1. The van der Waals surface area contributed by atoms with Crippen LogP contribution >= 0.6 is 0 Å². The fraction of sp³-hybridized carbons (Fsp3) is 0.348. The lowest BCUT2D eigenvalue weighted by Gasteiger charge is -2.26. The second kappa shape index (κ2) is 10.4. The maximum atomic E-state index is 14.6. The van der Waals surface area contributed by atoms with Crippen molar-refractivity contribution >= 4 is 16.9 Å². The molecule has 0 amide bonds. The van der Waals surface area contributed by atoms with Crippen LogP contribution in [0, 0.1) is 23.1 Å². The Hall–Kier alpha value is -4.11. The number of fused-ring (bicyclic) bond motifs is 1. The maximum absolute atomic E-state index is 14.6. The Morgan fingerprint density at radius 3 is 2.83 bits per heavy atom. The van der Waals surface area contributed by atoms with Gasteiger partial charge in [-0.15, -0.1) is 0 Å². The average molecular weight is 484 g/mol. The number of likely N-dealkylation sites (tertiary alicyclic amines) is 1. The largest absolute Gasteiger partial charge is 0.475 e. The molecule has 3 aromatic rings. The van der Waals surface area contributed by atoms with E-state index in [1.165, 1.54) is 22.8 Å². The lowest BCUT2D eigenvalue weighted by atomic mass is 10.0. The molecule has 35 heavy (non-hydrogen) atoms. The summed E-state index contributed by atoms with van der Waals surface area (Å²) in [5.41, 5.74) is 1.84. The number of nitriles is 1. The lowest BCUT2D eigenvalue weighted by Crippen LogP contribution is -2.33. The van der Waals surface area contributed by atoms with E-state index in [2.05, 4.69) is 21.4 Å². The number of rotatable bonds is 7. The minimum atomic E-state index is -0.970. The van der Waals surface area contributed by atoms with Crippen molar-refractivity contribution in [2.24, 2.45) is 15.9 Å². The predicted molar refractivity (Wildman–Crippen MR) is 123 cm³/mol. The van der Waals surface area contributed by atoms with Crippen LogP contribution in [0.2, 0.25) is 0 Å². The van der Waals surface area contributed by atoms with Gasteiger partial charge in [-0.25, -0.2) is 4.39 Å². The van der Waals surface area contributed by atoms with E-state index in [0.29, 0.717) is 30.1 Å². The van der Waals surface area contributed by atoms with E-state index in [9.17, 15) is 13.9 Å². The zero-order chi connectivity index (χ0) is 24.9. The summed E-state index contributed by atoms with van der Waals surface area (Å²) in [5.74, 6) is 4.72. The number of hydrazone groups is 1. The number of pyridine rings is 2. The molecular formula is C23H25F2N8O2+.